The lowest BCUT2D eigenvalue weighted by Gasteiger charge is -2.50. The lowest BCUT2D eigenvalue weighted by Crippen LogP contribution is -2.66. The van der Waals surface area contributed by atoms with E-state index in [9.17, 15) is 9.59 Å². The second-order valence-corrected chi connectivity index (χ2v) is 8.56. The second-order valence-electron chi connectivity index (χ2n) is 8.56. The number of H-pyrrole nitrogens is 1. The fraction of sp³-hybridized carbons (Fsp3) is 0.292. The molecule has 1 fully saturated rings. The number of piperazine rings is 1. The Morgan fingerprint density at radius 3 is 2.63 bits per heavy atom. The number of aromatic amines is 1. The number of para-hydroxylation sites is 1. The fourth-order valence-electron chi connectivity index (χ4n) is 4.83. The fourth-order valence-corrected chi connectivity index (χ4v) is 4.83. The molecular weight excluding hydrogens is 376 g/mol. The molecule has 3 heterocycles. The van der Waals surface area contributed by atoms with Gasteiger partial charge in [-0.3, -0.25) is 9.59 Å². The molecular formula is C24H24N4O2. The molecule has 2 amide bonds. The third-order valence-electron chi connectivity index (χ3n) is 6.35. The van der Waals surface area contributed by atoms with Gasteiger partial charge in [-0.1, -0.05) is 42.5 Å². The van der Waals surface area contributed by atoms with E-state index in [1.165, 1.54) is 5.01 Å². The summed E-state index contributed by atoms with van der Waals surface area (Å²) in [5, 5.41) is 6.83. The van der Waals surface area contributed by atoms with Gasteiger partial charge in [-0.25, -0.2) is 5.01 Å². The summed E-state index contributed by atoms with van der Waals surface area (Å²) in [4.78, 5) is 31.8. The molecule has 3 aromatic rings. The van der Waals surface area contributed by atoms with Gasteiger partial charge in [0.1, 0.15) is 12.6 Å². The highest BCUT2D eigenvalue weighted by molar-refractivity contribution is 5.98. The van der Waals surface area contributed by atoms with Gasteiger partial charge in [-0.15, -0.1) is 0 Å². The van der Waals surface area contributed by atoms with Crippen molar-refractivity contribution in [3.63, 3.8) is 0 Å². The molecule has 6 nitrogen and oxygen atoms in total. The molecule has 6 heteroatoms. The number of benzene rings is 2. The van der Waals surface area contributed by atoms with Crippen LogP contribution in [-0.2, 0) is 21.5 Å². The number of fused-ring (bicyclic) bond motifs is 4. The number of carbonyl (C=O) groups excluding carboxylic acids is 2. The SMILES string of the molecule is Cc1ccccc1/C=N\N1CC(=O)N2[C@@H](Cc3c([nH]c4ccccc34)C2(C)C)C1=O. The van der Waals surface area contributed by atoms with Gasteiger partial charge in [0.15, 0.2) is 0 Å². The van der Waals surface area contributed by atoms with Crippen LogP contribution in [0.2, 0.25) is 0 Å². The Hall–Kier alpha value is -3.41. The van der Waals surface area contributed by atoms with E-state index >= 15 is 0 Å². The third-order valence-corrected chi connectivity index (χ3v) is 6.35. The summed E-state index contributed by atoms with van der Waals surface area (Å²) in [5.41, 5.74) is 4.56. The number of hydrogen-bond donors (Lipinski definition) is 1. The Balaban J connectivity index is 1.53. The highest BCUT2D eigenvalue weighted by Gasteiger charge is 2.51. The highest BCUT2D eigenvalue weighted by atomic mass is 16.2. The van der Waals surface area contributed by atoms with E-state index in [1.807, 2.05) is 63.2 Å². The number of nitrogens with zero attached hydrogens (tertiary/aromatic N) is 3. The molecule has 0 bridgehead atoms. The zero-order valence-electron chi connectivity index (χ0n) is 17.3. The Kier molecular flexibility index (Phi) is 4.07. The molecule has 2 aliphatic rings. The van der Waals surface area contributed by atoms with E-state index in [0.29, 0.717) is 6.42 Å². The summed E-state index contributed by atoms with van der Waals surface area (Å²) >= 11 is 0. The first-order valence-electron chi connectivity index (χ1n) is 10.2. The van der Waals surface area contributed by atoms with Gasteiger partial charge in [0.2, 0.25) is 5.91 Å². The molecule has 2 aromatic carbocycles. The molecule has 0 spiro atoms. The quantitative estimate of drug-likeness (QED) is 0.671. The van der Waals surface area contributed by atoms with Gasteiger partial charge >= 0.3 is 0 Å². The van der Waals surface area contributed by atoms with Crippen molar-refractivity contribution in [2.75, 3.05) is 6.54 Å². The standard InChI is InChI=1S/C24H24N4O2/c1-15-8-4-5-9-16(15)13-25-27-14-21(29)28-20(23(27)30)12-18-17-10-6-7-11-19(17)26-22(18)24(28,2)3/h4-11,13,20,26H,12,14H2,1-3H3/b25-13-/t20-/m0/s1. The number of aromatic nitrogens is 1. The maximum atomic E-state index is 13.4. The van der Waals surface area contributed by atoms with Crippen molar-refractivity contribution in [1.29, 1.82) is 0 Å². The summed E-state index contributed by atoms with van der Waals surface area (Å²) < 4.78 is 0. The smallest absolute Gasteiger partial charge is 0.266 e. The molecule has 152 valence electrons. The summed E-state index contributed by atoms with van der Waals surface area (Å²) in [6.45, 7) is 5.96. The van der Waals surface area contributed by atoms with E-state index < -0.39 is 11.6 Å². The highest BCUT2D eigenvalue weighted by Crippen LogP contribution is 2.42. The monoisotopic (exact) mass is 400 g/mol. The molecule has 1 aromatic heterocycles. The van der Waals surface area contributed by atoms with Crippen molar-refractivity contribution < 1.29 is 9.59 Å². The number of hydrogen-bond acceptors (Lipinski definition) is 3. The summed E-state index contributed by atoms with van der Waals surface area (Å²) in [6, 6.07) is 15.4. The molecule has 1 saturated heterocycles. The van der Waals surface area contributed by atoms with Crippen LogP contribution < -0.4 is 0 Å². The summed E-state index contributed by atoms with van der Waals surface area (Å²) in [7, 11) is 0. The Morgan fingerprint density at radius 1 is 1.10 bits per heavy atom. The van der Waals surface area contributed by atoms with Gasteiger partial charge in [-0.2, -0.15) is 5.10 Å². The molecule has 0 aliphatic carbocycles. The summed E-state index contributed by atoms with van der Waals surface area (Å²) in [5.74, 6) is -0.223. The van der Waals surface area contributed by atoms with Crippen molar-refractivity contribution >= 4 is 28.9 Å². The van der Waals surface area contributed by atoms with E-state index in [0.717, 1.165) is 33.3 Å². The Bertz CT molecular complexity index is 1210. The molecule has 5 rings (SSSR count). The van der Waals surface area contributed by atoms with Crippen molar-refractivity contribution in [1.82, 2.24) is 14.9 Å². The molecule has 0 radical (unpaired) electrons. The maximum Gasteiger partial charge on any atom is 0.266 e. The van der Waals surface area contributed by atoms with Crippen molar-refractivity contribution in [2.24, 2.45) is 5.10 Å². The van der Waals surface area contributed by atoms with Crippen molar-refractivity contribution in [2.45, 2.75) is 38.8 Å². The van der Waals surface area contributed by atoms with Gasteiger partial charge in [0, 0.05) is 23.0 Å². The Morgan fingerprint density at radius 2 is 1.83 bits per heavy atom. The topological polar surface area (TPSA) is 68.8 Å². The van der Waals surface area contributed by atoms with E-state index in [-0.39, 0.29) is 18.4 Å². The molecule has 0 unspecified atom stereocenters. The van der Waals surface area contributed by atoms with Crippen LogP contribution >= 0.6 is 0 Å². The largest absolute Gasteiger partial charge is 0.356 e. The number of amides is 2. The predicted octanol–water partition coefficient (Wildman–Crippen LogP) is 3.34. The first kappa shape index (κ1) is 18.6. The average molecular weight is 400 g/mol. The zero-order chi connectivity index (χ0) is 21.0. The lowest BCUT2D eigenvalue weighted by molar-refractivity contribution is -0.163. The molecule has 1 N–H and O–H groups in total. The first-order valence-corrected chi connectivity index (χ1v) is 10.2. The van der Waals surface area contributed by atoms with Crippen LogP contribution in [-0.4, -0.2) is 45.5 Å². The van der Waals surface area contributed by atoms with Crippen LogP contribution in [0.5, 0.6) is 0 Å². The van der Waals surface area contributed by atoms with Crippen molar-refractivity contribution in [3.8, 4) is 0 Å². The van der Waals surface area contributed by atoms with Crippen LogP contribution in [0.25, 0.3) is 10.9 Å². The van der Waals surface area contributed by atoms with Crippen LogP contribution in [0.4, 0.5) is 0 Å². The minimum atomic E-state index is -0.601. The molecule has 30 heavy (non-hydrogen) atoms. The van der Waals surface area contributed by atoms with Crippen LogP contribution in [0.15, 0.2) is 53.6 Å². The Labute approximate surface area is 175 Å². The minimum absolute atomic E-state index is 0.0449. The molecule has 0 saturated carbocycles. The van der Waals surface area contributed by atoms with E-state index in [1.54, 1.807) is 11.1 Å². The molecule has 2 aliphatic heterocycles. The number of rotatable bonds is 2. The number of nitrogens with one attached hydrogen (secondary N) is 1. The van der Waals surface area contributed by atoms with Crippen molar-refractivity contribution in [3.05, 3.63) is 70.9 Å². The van der Waals surface area contributed by atoms with Crippen LogP contribution in [0.3, 0.4) is 0 Å². The van der Waals surface area contributed by atoms with E-state index in [4.69, 9.17) is 0 Å². The van der Waals surface area contributed by atoms with E-state index in [2.05, 4.69) is 16.2 Å². The summed E-state index contributed by atoms with van der Waals surface area (Å²) in [6.07, 6.45) is 2.16. The first-order chi connectivity index (χ1) is 14.4. The predicted molar refractivity (Wildman–Crippen MR) is 116 cm³/mol. The van der Waals surface area contributed by atoms with Gasteiger partial charge < -0.3 is 9.88 Å². The molecule has 1 atom stereocenters. The normalized spacial score (nSPS) is 20.7. The van der Waals surface area contributed by atoms with Gasteiger partial charge in [0.05, 0.1) is 11.8 Å². The second kappa shape index (κ2) is 6.55. The van der Waals surface area contributed by atoms with Crippen LogP contribution in [0.1, 0.15) is 36.2 Å². The number of hydrazone groups is 1. The minimum Gasteiger partial charge on any atom is -0.356 e. The third kappa shape index (κ3) is 2.67. The lowest BCUT2D eigenvalue weighted by atomic mass is 9.82. The number of carbonyl (C=O) groups is 2. The zero-order valence-corrected chi connectivity index (χ0v) is 17.3. The van der Waals surface area contributed by atoms with Crippen LogP contribution in [0, 0.1) is 6.92 Å². The average Bonchev–Trinajstić information content (AvgIpc) is 3.10. The maximum absolute atomic E-state index is 13.4. The number of aryl methyl sites for hydroxylation is 1. The van der Waals surface area contributed by atoms with Gasteiger partial charge in [-0.05, 0) is 43.5 Å². The van der Waals surface area contributed by atoms with Gasteiger partial charge in [0.25, 0.3) is 5.91 Å².